The van der Waals surface area contributed by atoms with Crippen molar-refractivity contribution in [2.24, 2.45) is 0 Å². The zero-order chi connectivity index (χ0) is 14.4. The fourth-order valence-corrected chi connectivity index (χ4v) is 2.07. The minimum absolute atomic E-state index is 0.0631. The van der Waals surface area contributed by atoms with E-state index in [1.165, 1.54) is 24.0 Å². The summed E-state index contributed by atoms with van der Waals surface area (Å²) in [5, 5.41) is 6.13. The minimum atomic E-state index is 0.0631. The third kappa shape index (κ3) is 4.85. The van der Waals surface area contributed by atoms with Crippen LogP contribution in [0, 0.1) is 6.92 Å². The van der Waals surface area contributed by atoms with Crippen LogP contribution in [0.1, 0.15) is 36.8 Å². The first-order valence-electron chi connectivity index (χ1n) is 7.35. The summed E-state index contributed by atoms with van der Waals surface area (Å²) >= 11 is 0. The summed E-state index contributed by atoms with van der Waals surface area (Å²) in [6.07, 6.45) is 3.82. The zero-order valence-electron chi connectivity index (χ0n) is 12.4. The van der Waals surface area contributed by atoms with Gasteiger partial charge in [-0.25, -0.2) is 0 Å². The lowest BCUT2D eigenvalue weighted by Gasteiger charge is -2.13. The number of hydrogen-bond acceptors (Lipinski definition) is 3. The van der Waals surface area contributed by atoms with E-state index in [4.69, 9.17) is 4.74 Å². The molecular weight excluding hydrogens is 252 g/mol. The number of hydrogen-bond donors (Lipinski definition) is 2. The van der Waals surface area contributed by atoms with Crippen molar-refractivity contribution >= 4 is 5.91 Å². The Morgan fingerprint density at radius 2 is 2.20 bits per heavy atom. The van der Waals surface area contributed by atoms with Gasteiger partial charge in [0.05, 0.1) is 6.61 Å². The van der Waals surface area contributed by atoms with Crippen molar-refractivity contribution in [2.45, 2.75) is 45.2 Å². The summed E-state index contributed by atoms with van der Waals surface area (Å²) in [5.41, 5.74) is 2.45. The second kappa shape index (κ2) is 7.29. The highest BCUT2D eigenvalue weighted by molar-refractivity contribution is 5.75. The monoisotopic (exact) mass is 276 g/mol. The van der Waals surface area contributed by atoms with Gasteiger partial charge in [-0.15, -0.1) is 0 Å². The Kier molecular flexibility index (Phi) is 5.41. The fourth-order valence-electron chi connectivity index (χ4n) is 2.07. The molecule has 2 N–H and O–H groups in total. The van der Waals surface area contributed by atoms with E-state index >= 15 is 0 Å². The fraction of sp³-hybridized carbons (Fsp3) is 0.562. The Morgan fingerprint density at radius 3 is 2.90 bits per heavy atom. The molecule has 1 amide bonds. The number of benzene rings is 1. The maximum absolute atomic E-state index is 11.1. The van der Waals surface area contributed by atoms with E-state index in [0.717, 1.165) is 18.7 Å². The molecule has 0 atom stereocenters. The number of nitrogens with one attached hydrogen (secondary N) is 2. The second-order valence-corrected chi connectivity index (χ2v) is 5.39. The molecular formula is C16H24N2O2. The number of carbonyl (C=O) groups excluding carboxylic acids is 1. The average molecular weight is 276 g/mol. The van der Waals surface area contributed by atoms with E-state index in [1.807, 2.05) is 6.07 Å². The van der Waals surface area contributed by atoms with Gasteiger partial charge in [0, 0.05) is 31.6 Å². The molecule has 1 aliphatic rings. The van der Waals surface area contributed by atoms with Crippen molar-refractivity contribution in [3.8, 4) is 5.75 Å². The van der Waals surface area contributed by atoms with Gasteiger partial charge in [0.2, 0.25) is 5.91 Å². The Bertz CT molecular complexity index is 456. The molecule has 0 radical (unpaired) electrons. The van der Waals surface area contributed by atoms with Crippen molar-refractivity contribution < 1.29 is 9.53 Å². The molecule has 1 aromatic rings. The summed E-state index contributed by atoms with van der Waals surface area (Å²) < 4.78 is 5.82. The zero-order valence-corrected chi connectivity index (χ0v) is 12.4. The smallest absolute Gasteiger partial charge is 0.219 e. The Hall–Kier alpha value is -1.55. The first-order chi connectivity index (χ1) is 9.69. The topological polar surface area (TPSA) is 50.4 Å². The molecule has 2 rings (SSSR count). The predicted molar refractivity (Wildman–Crippen MR) is 79.8 cm³/mol. The van der Waals surface area contributed by atoms with Crippen LogP contribution >= 0.6 is 0 Å². The molecule has 4 heteroatoms. The molecule has 0 heterocycles. The van der Waals surface area contributed by atoms with Crippen molar-refractivity contribution in [1.82, 2.24) is 10.6 Å². The van der Waals surface area contributed by atoms with Crippen LogP contribution in [0.5, 0.6) is 5.75 Å². The molecule has 1 saturated carbocycles. The van der Waals surface area contributed by atoms with Crippen molar-refractivity contribution in [1.29, 1.82) is 0 Å². The van der Waals surface area contributed by atoms with Crippen LogP contribution in [0.4, 0.5) is 0 Å². The lowest BCUT2D eigenvalue weighted by Crippen LogP contribution is -2.18. The van der Waals surface area contributed by atoms with Crippen LogP contribution in [0.3, 0.4) is 0 Å². The van der Waals surface area contributed by atoms with Gasteiger partial charge in [-0.1, -0.05) is 17.7 Å². The number of rotatable bonds is 8. The van der Waals surface area contributed by atoms with E-state index < -0.39 is 0 Å². The predicted octanol–water partition coefficient (Wildman–Crippen LogP) is 2.15. The molecule has 4 nitrogen and oxygen atoms in total. The van der Waals surface area contributed by atoms with Crippen LogP contribution < -0.4 is 15.4 Å². The molecule has 0 spiro atoms. The van der Waals surface area contributed by atoms with Gasteiger partial charge in [0.1, 0.15) is 5.75 Å². The summed E-state index contributed by atoms with van der Waals surface area (Å²) in [6, 6.07) is 6.95. The van der Waals surface area contributed by atoms with E-state index in [2.05, 4.69) is 29.7 Å². The number of carbonyl (C=O) groups is 1. The quantitative estimate of drug-likeness (QED) is 0.715. The molecule has 20 heavy (non-hydrogen) atoms. The van der Waals surface area contributed by atoms with Crippen molar-refractivity contribution in [2.75, 3.05) is 13.7 Å². The van der Waals surface area contributed by atoms with Crippen LogP contribution in [0.2, 0.25) is 0 Å². The Morgan fingerprint density at radius 1 is 1.40 bits per heavy atom. The summed E-state index contributed by atoms with van der Waals surface area (Å²) in [5.74, 6) is 0.994. The molecule has 0 saturated heterocycles. The van der Waals surface area contributed by atoms with Crippen molar-refractivity contribution in [3.63, 3.8) is 0 Å². The van der Waals surface area contributed by atoms with Crippen LogP contribution in [0.25, 0.3) is 0 Å². The minimum Gasteiger partial charge on any atom is -0.493 e. The molecule has 1 aliphatic carbocycles. The molecule has 0 unspecified atom stereocenters. The molecule has 0 bridgehead atoms. The first kappa shape index (κ1) is 14.9. The maximum Gasteiger partial charge on any atom is 0.219 e. The molecule has 0 aromatic heterocycles. The molecule has 1 aromatic carbocycles. The lowest BCUT2D eigenvalue weighted by molar-refractivity contribution is -0.120. The van der Waals surface area contributed by atoms with Gasteiger partial charge < -0.3 is 15.4 Å². The number of aryl methyl sites for hydroxylation is 1. The van der Waals surface area contributed by atoms with Gasteiger partial charge in [-0.3, -0.25) is 4.79 Å². The van der Waals surface area contributed by atoms with Gasteiger partial charge in [0.25, 0.3) is 0 Å². The van der Waals surface area contributed by atoms with Crippen LogP contribution in [-0.2, 0) is 11.3 Å². The maximum atomic E-state index is 11.1. The van der Waals surface area contributed by atoms with E-state index in [9.17, 15) is 4.79 Å². The van der Waals surface area contributed by atoms with E-state index in [0.29, 0.717) is 19.1 Å². The average Bonchev–Trinajstić information content (AvgIpc) is 3.26. The number of amides is 1. The molecule has 0 aliphatic heterocycles. The highest BCUT2D eigenvalue weighted by Crippen LogP contribution is 2.23. The number of ether oxygens (including phenoxy) is 1. The normalized spacial score (nSPS) is 14.1. The standard InChI is InChI=1S/C16H24N2O2/c1-12-5-8-15(20-9-3-4-16(19)17-2)13(10-12)11-18-14-6-7-14/h5,8,10,14,18H,3-4,6-7,9,11H2,1-2H3,(H,17,19). The second-order valence-electron chi connectivity index (χ2n) is 5.39. The Balaban J connectivity index is 1.83. The van der Waals surface area contributed by atoms with E-state index in [-0.39, 0.29) is 5.91 Å². The van der Waals surface area contributed by atoms with Gasteiger partial charge in [-0.2, -0.15) is 0 Å². The Labute approximate surface area is 120 Å². The van der Waals surface area contributed by atoms with E-state index in [1.54, 1.807) is 7.05 Å². The van der Waals surface area contributed by atoms with Crippen LogP contribution in [0.15, 0.2) is 18.2 Å². The third-order valence-electron chi connectivity index (χ3n) is 3.46. The largest absolute Gasteiger partial charge is 0.493 e. The summed E-state index contributed by atoms with van der Waals surface area (Å²) in [7, 11) is 1.66. The highest BCUT2D eigenvalue weighted by Gasteiger charge is 2.20. The lowest BCUT2D eigenvalue weighted by atomic mass is 10.1. The summed E-state index contributed by atoms with van der Waals surface area (Å²) in [4.78, 5) is 11.1. The third-order valence-corrected chi connectivity index (χ3v) is 3.46. The van der Waals surface area contributed by atoms with Crippen molar-refractivity contribution in [3.05, 3.63) is 29.3 Å². The highest BCUT2D eigenvalue weighted by atomic mass is 16.5. The SMILES string of the molecule is CNC(=O)CCCOc1ccc(C)cc1CNC1CC1. The first-order valence-corrected chi connectivity index (χ1v) is 7.35. The molecule has 110 valence electrons. The van der Waals surface area contributed by atoms with Gasteiger partial charge in [0.15, 0.2) is 0 Å². The van der Waals surface area contributed by atoms with Gasteiger partial charge in [-0.05, 0) is 32.3 Å². The van der Waals surface area contributed by atoms with Gasteiger partial charge >= 0.3 is 0 Å². The van der Waals surface area contributed by atoms with Crippen LogP contribution in [-0.4, -0.2) is 25.6 Å². The molecule has 1 fully saturated rings. The summed E-state index contributed by atoms with van der Waals surface area (Å²) in [6.45, 7) is 3.53.